The van der Waals surface area contributed by atoms with Gasteiger partial charge in [-0.25, -0.2) is 0 Å². The number of anilines is 2. The van der Waals surface area contributed by atoms with Crippen LogP contribution in [0.3, 0.4) is 0 Å². The van der Waals surface area contributed by atoms with E-state index in [0.717, 1.165) is 44.7 Å². The third-order valence-corrected chi connectivity index (χ3v) is 5.78. The number of nitrogens with one attached hydrogen (secondary N) is 2. The molecule has 0 aliphatic carbocycles. The molecular weight excluding hydrogens is 316 g/mol. The molecule has 3 aliphatic heterocycles. The van der Waals surface area contributed by atoms with E-state index in [4.69, 9.17) is 0 Å². The zero-order chi connectivity index (χ0) is 17.4. The number of rotatable bonds is 2. The first kappa shape index (κ1) is 16.4. The molecular formula is C19H26N4O2. The summed E-state index contributed by atoms with van der Waals surface area (Å²) < 4.78 is 0. The van der Waals surface area contributed by atoms with Gasteiger partial charge in [0.1, 0.15) is 6.04 Å². The molecule has 0 radical (unpaired) electrons. The Labute approximate surface area is 148 Å². The minimum Gasteiger partial charge on any atom is -0.371 e. The minimum absolute atomic E-state index is 0.154. The van der Waals surface area contributed by atoms with Gasteiger partial charge in [0.25, 0.3) is 0 Å². The van der Waals surface area contributed by atoms with Crippen molar-refractivity contribution in [2.75, 3.05) is 43.0 Å². The number of amides is 2. The molecule has 3 heterocycles. The van der Waals surface area contributed by atoms with Gasteiger partial charge in [-0.2, -0.15) is 0 Å². The molecule has 0 spiro atoms. The van der Waals surface area contributed by atoms with Gasteiger partial charge >= 0.3 is 0 Å². The molecule has 1 atom stereocenters. The predicted octanol–water partition coefficient (Wildman–Crippen LogP) is 1.22. The molecule has 0 bridgehead atoms. The molecule has 134 valence electrons. The number of hydrogen-bond donors (Lipinski definition) is 2. The summed E-state index contributed by atoms with van der Waals surface area (Å²) in [6.07, 6.45) is 3.34. The number of carbonyl (C=O) groups excluding carboxylic acids is 2. The van der Waals surface area contributed by atoms with E-state index in [-0.39, 0.29) is 17.9 Å². The molecule has 1 aromatic carbocycles. The monoisotopic (exact) mass is 342 g/mol. The Balaban J connectivity index is 1.69. The van der Waals surface area contributed by atoms with Crippen LogP contribution >= 0.6 is 0 Å². The number of likely N-dealkylation sites (N-methyl/N-ethyl adjacent to an activating group) is 1. The first-order chi connectivity index (χ1) is 12.1. The molecule has 2 saturated heterocycles. The lowest BCUT2D eigenvalue weighted by Crippen LogP contribution is -2.55. The van der Waals surface area contributed by atoms with E-state index >= 15 is 0 Å². The van der Waals surface area contributed by atoms with Crippen LogP contribution in [0.2, 0.25) is 0 Å². The fourth-order valence-corrected chi connectivity index (χ4v) is 4.45. The third kappa shape index (κ3) is 2.99. The fourth-order valence-electron chi connectivity index (χ4n) is 4.45. The average molecular weight is 342 g/mol. The summed E-state index contributed by atoms with van der Waals surface area (Å²) in [6, 6.07) is 6.25. The molecule has 1 unspecified atom stereocenters. The number of para-hydroxylation sites is 1. The van der Waals surface area contributed by atoms with E-state index in [9.17, 15) is 9.59 Å². The summed E-state index contributed by atoms with van der Waals surface area (Å²) >= 11 is 0. The third-order valence-electron chi connectivity index (χ3n) is 5.78. The first-order valence-electron chi connectivity index (χ1n) is 9.30. The van der Waals surface area contributed by atoms with Gasteiger partial charge in [0, 0.05) is 26.6 Å². The molecule has 6 heteroatoms. The SMILES string of the molecule is CN1CCN(C2CCC(=O)NC2=O)c2cccc(C3CCNCC3)c21. The molecule has 2 fully saturated rings. The van der Waals surface area contributed by atoms with Crippen LogP contribution in [0.15, 0.2) is 18.2 Å². The Morgan fingerprint density at radius 2 is 1.88 bits per heavy atom. The van der Waals surface area contributed by atoms with Crippen molar-refractivity contribution in [2.24, 2.45) is 0 Å². The number of imide groups is 1. The predicted molar refractivity (Wildman–Crippen MR) is 98.1 cm³/mol. The number of hydrogen-bond acceptors (Lipinski definition) is 5. The fraction of sp³-hybridized carbons (Fsp3) is 0.579. The molecule has 6 nitrogen and oxygen atoms in total. The van der Waals surface area contributed by atoms with Crippen molar-refractivity contribution in [3.8, 4) is 0 Å². The van der Waals surface area contributed by atoms with Gasteiger partial charge in [0.2, 0.25) is 11.8 Å². The summed E-state index contributed by atoms with van der Waals surface area (Å²) in [6.45, 7) is 3.84. The Hall–Kier alpha value is -2.08. The largest absolute Gasteiger partial charge is 0.371 e. The van der Waals surface area contributed by atoms with E-state index in [1.165, 1.54) is 11.3 Å². The highest BCUT2D eigenvalue weighted by atomic mass is 16.2. The van der Waals surface area contributed by atoms with Crippen molar-refractivity contribution < 1.29 is 9.59 Å². The van der Waals surface area contributed by atoms with Crippen molar-refractivity contribution >= 4 is 23.2 Å². The van der Waals surface area contributed by atoms with Crippen LogP contribution in [0.1, 0.15) is 37.2 Å². The van der Waals surface area contributed by atoms with Gasteiger partial charge in [-0.05, 0) is 49.9 Å². The maximum atomic E-state index is 12.4. The van der Waals surface area contributed by atoms with Crippen molar-refractivity contribution in [1.82, 2.24) is 10.6 Å². The van der Waals surface area contributed by atoms with Gasteiger partial charge in [0.05, 0.1) is 11.4 Å². The number of carbonyl (C=O) groups is 2. The zero-order valence-corrected chi connectivity index (χ0v) is 14.8. The van der Waals surface area contributed by atoms with Gasteiger partial charge in [-0.3, -0.25) is 14.9 Å². The molecule has 0 saturated carbocycles. The summed E-state index contributed by atoms with van der Waals surface area (Å²) in [5, 5.41) is 5.94. The highest BCUT2D eigenvalue weighted by molar-refractivity contribution is 6.02. The second-order valence-corrected chi connectivity index (χ2v) is 7.32. The van der Waals surface area contributed by atoms with E-state index in [1.54, 1.807) is 0 Å². The summed E-state index contributed by atoms with van der Waals surface area (Å²) in [5.41, 5.74) is 3.81. The standard InChI is InChI=1S/C19H26N4O2/c1-22-11-12-23(16-5-6-17(24)21-19(16)25)15-4-2-3-14(18(15)22)13-7-9-20-10-8-13/h2-4,13,16,20H,5-12H2,1H3,(H,21,24,25). The van der Waals surface area contributed by atoms with Crippen molar-refractivity contribution in [3.63, 3.8) is 0 Å². The number of fused-ring (bicyclic) bond motifs is 1. The van der Waals surface area contributed by atoms with Crippen LogP contribution in [-0.2, 0) is 9.59 Å². The van der Waals surface area contributed by atoms with E-state index < -0.39 is 0 Å². The number of piperidine rings is 2. The zero-order valence-electron chi connectivity index (χ0n) is 14.8. The Morgan fingerprint density at radius 1 is 1.08 bits per heavy atom. The van der Waals surface area contributed by atoms with Crippen LogP contribution in [-0.4, -0.2) is 51.1 Å². The molecule has 1 aromatic rings. The lowest BCUT2D eigenvalue weighted by Gasteiger charge is -2.43. The molecule has 2 amide bonds. The summed E-state index contributed by atoms with van der Waals surface area (Å²) in [4.78, 5) is 28.4. The smallest absolute Gasteiger partial charge is 0.249 e. The quantitative estimate of drug-likeness (QED) is 0.791. The Bertz CT molecular complexity index is 684. The number of nitrogens with zero attached hydrogens (tertiary/aromatic N) is 2. The average Bonchev–Trinajstić information content (AvgIpc) is 2.63. The van der Waals surface area contributed by atoms with Crippen LogP contribution in [0.5, 0.6) is 0 Å². The molecule has 2 N–H and O–H groups in total. The molecule has 4 rings (SSSR count). The van der Waals surface area contributed by atoms with E-state index in [1.807, 2.05) is 0 Å². The van der Waals surface area contributed by atoms with Gasteiger partial charge in [-0.1, -0.05) is 12.1 Å². The lowest BCUT2D eigenvalue weighted by molar-refractivity contribution is -0.134. The van der Waals surface area contributed by atoms with E-state index in [2.05, 4.69) is 45.7 Å². The normalized spacial score (nSPS) is 24.9. The van der Waals surface area contributed by atoms with Crippen molar-refractivity contribution in [1.29, 1.82) is 0 Å². The Kier molecular flexibility index (Phi) is 4.37. The summed E-state index contributed by atoms with van der Waals surface area (Å²) in [5.74, 6) is 0.262. The topological polar surface area (TPSA) is 64.7 Å². The second-order valence-electron chi connectivity index (χ2n) is 7.32. The second kappa shape index (κ2) is 6.67. The van der Waals surface area contributed by atoms with Crippen LogP contribution in [0.4, 0.5) is 11.4 Å². The van der Waals surface area contributed by atoms with E-state index in [0.29, 0.717) is 18.8 Å². The van der Waals surface area contributed by atoms with Gasteiger partial charge < -0.3 is 15.1 Å². The summed E-state index contributed by atoms with van der Waals surface area (Å²) in [7, 11) is 2.14. The molecule has 0 aromatic heterocycles. The van der Waals surface area contributed by atoms with Crippen molar-refractivity contribution in [3.05, 3.63) is 23.8 Å². The maximum Gasteiger partial charge on any atom is 0.249 e. The van der Waals surface area contributed by atoms with Crippen LogP contribution in [0.25, 0.3) is 0 Å². The highest BCUT2D eigenvalue weighted by Crippen LogP contribution is 2.42. The van der Waals surface area contributed by atoms with Crippen molar-refractivity contribution in [2.45, 2.75) is 37.6 Å². The van der Waals surface area contributed by atoms with Gasteiger partial charge in [0.15, 0.2) is 0 Å². The lowest BCUT2D eigenvalue weighted by atomic mass is 9.87. The van der Waals surface area contributed by atoms with Crippen LogP contribution in [0, 0.1) is 0 Å². The highest BCUT2D eigenvalue weighted by Gasteiger charge is 2.36. The first-order valence-corrected chi connectivity index (χ1v) is 9.30. The number of benzene rings is 1. The van der Waals surface area contributed by atoms with Gasteiger partial charge in [-0.15, -0.1) is 0 Å². The molecule has 25 heavy (non-hydrogen) atoms. The molecule has 3 aliphatic rings. The minimum atomic E-state index is -0.242. The maximum absolute atomic E-state index is 12.4. The van der Waals surface area contributed by atoms with Crippen LogP contribution < -0.4 is 20.4 Å². The Morgan fingerprint density at radius 3 is 2.64 bits per heavy atom.